The smallest absolute Gasteiger partial charge is 0.308 e. The van der Waals surface area contributed by atoms with Gasteiger partial charge in [-0.05, 0) is 24.5 Å². The fourth-order valence-corrected chi connectivity index (χ4v) is 3.57. The lowest BCUT2D eigenvalue weighted by molar-refractivity contribution is -0.146. The predicted octanol–water partition coefficient (Wildman–Crippen LogP) is 1.39. The Morgan fingerprint density at radius 2 is 2.30 bits per heavy atom. The van der Waals surface area contributed by atoms with E-state index in [4.69, 9.17) is 4.74 Å². The molecule has 20 heavy (non-hydrogen) atoms. The molecule has 5 nitrogen and oxygen atoms in total. The van der Waals surface area contributed by atoms with Gasteiger partial charge in [0.2, 0.25) is 0 Å². The molecule has 0 saturated carbocycles. The molecule has 1 spiro atoms. The molecule has 1 aromatic rings. The van der Waals surface area contributed by atoms with Gasteiger partial charge in [-0.2, -0.15) is 0 Å². The summed E-state index contributed by atoms with van der Waals surface area (Å²) in [5.74, 6) is -0.941. The van der Waals surface area contributed by atoms with E-state index in [9.17, 15) is 9.90 Å². The third-order valence-corrected chi connectivity index (χ3v) is 4.63. The third-order valence-electron chi connectivity index (χ3n) is 4.63. The number of carboxylic acids is 1. The molecule has 0 unspecified atom stereocenters. The van der Waals surface area contributed by atoms with E-state index in [1.807, 2.05) is 18.3 Å². The minimum atomic E-state index is -0.666. The summed E-state index contributed by atoms with van der Waals surface area (Å²) in [5, 5.41) is 9.53. The summed E-state index contributed by atoms with van der Waals surface area (Å²) in [6, 6.07) is 3.96. The van der Waals surface area contributed by atoms with E-state index in [0.29, 0.717) is 19.8 Å². The van der Waals surface area contributed by atoms with Gasteiger partial charge in [0.1, 0.15) is 0 Å². The van der Waals surface area contributed by atoms with Gasteiger partial charge in [0.05, 0.1) is 5.92 Å². The Balaban J connectivity index is 1.74. The molecule has 1 aromatic heterocycles. The van der Waals surface area contributed by atoms with Crippen molar-refractivity contribution in [3.05, 3.63) is 30.1 Å². The minimum Gasteiger partial charge on any atom is -0.481 e. The highest BCUT2D eigenvalue weighted by molar-refractivity contribution is 5.72. The summed E-state index contributed by atoms with van der Waals surface area (Å²) in [7, 11) is 0. The van der Waals surface area contributed by atoms with Crippen molar-refractivity contribution in [2.45, 2.75) is 19.4 Å². The van der Waals surface area contributed by atoms with Crippen molar-refractivity contribution < 1.29 is 14.6 Å². The zero-order valence-electron chi connectivity index (χ0n) is 11.5. The molecule has 3 heterocycles. The van der Waals surface area contributed by atoms with Crippen LogP contribution in [0.15, 0.2) is 24.5 Å². The van der Waals surface area contributed by atoms with Crippen molar-refractivity contribution in [1.82, 2.24) is 9.88 Å². The van der Waals surface area contributed by atoms with Gasteiger partial charge < -0.3 is 9.84 Å². The number of hydrogen-bond donors (Lipinski definition) is 1. The van der Waals surface area contributed by atoms with Gasteiger partial charge in [-0.15, -0.1) is 0 Å². The lowest BCUT2D eigenvalue weighted by Crippen LogP contribution is -2.40. The molecule has 0 aliphatic carbocycles. The minimum absolute atomic E-state index is 0.105. The van der Waals surface area contributed by atoms with Crippen LogP contribution >= 0.6 is 0 Å². The first-order valence-electron chi connectivity index (χ1n) is 7.11. The van der Waals surface area contributed by atoms with Crippen LogP contribution in [0.1, 0.15) is 18.4 Å². The van der Waals surface area contributed by atoms with Crippen molar-refractivity contribution in [3.8, 4) is 0 Å². The second-order valence-electron chi connectivity index (χ2n) is 5.90. The first-order valence-corrected chi connectivity index (χ1v) is 7.11. The largest absolute Gasteiger partial charge is 0.481 e. The zero-order valence-corrected chi connectivity index (χ0v) is 11.5. The molecule has 108 valence electrons. The van der Waals surface area contributed by atoms with Gasteiger partial charge >= 0.3 is 5.97 Å². The van der Waals surface area contributed by atoms with Crippen molar-refractivity contribution in [2.24, 2.45) is 11.3 Å². The first-order chi connectivity index (χ1) is 9.70. The van der Waals surface area contributed by atoms with E-state index in [-0.39, 0.29) is 11.3 Å². The van der Waals surface area contributed by atoms with Gasteiger partial charge in [-0.3, -0.25) is 14.7 Å². The predicted molar refractivity (Wildman–Crippen MR) is 73.1 cm³/mol. The van der Waals surface area contributed by atoms with E-state index in [1.54, 1.807) is 6.20 Å². The molecule has 3 rings (SSSR count). The topological polar surface area (TPSA) is 62.7 Å². The number of pyridine rings is 1. The molecule has 0 amide bonds. The summed E-state index contributed by atoms with van der Waals surface area (Å²) in [5.41, 5.74) is 1.03. The lowest BCUT2D eigenvalue weighted by Gasteiger charge is -2.36. The Morgan fingerprint density at radius 1 is 1.50 bits per heavy atom. The number of nitrogens with zero attached hydrogens (tertiary/aromatic N) is 2. The lowest BCUT2D eigenvalue weighted by atomic mass is 9.72. The second-order valence-corrected chi connectivity index (χ2v) is 5.90. The van der Waals surface area contributed by atoms with Gasteiger partial charge in [-0.25, -0.2) is 0 Å². The molecular weight excluding hydrogens is 256 g/mol. The number of rotatable bonds is 3. The van der Waals surface area contributed by atoms with Crippen LogP contribution in [-0.4, -0.2) is 47.3 Å². The van der Waals surface area contributed by atoms with Crippen molar-refractivity contribution in [2.75, 3.05) is 26.3 Å². The van der Waals surface area contributed by atoms with Crippen LogP contribution < -0.4 is 0 Å². The number of ether oxygens (including phenoxy) is 1. The monoisotopic (exact) mass is 276 g/mol. The van der Waals surface area contributed by atoms with E-state index in [1.165, 1.54) is 0 Å². The average molecular weight is 276 g/mol. The highest BCUT2D eigenvalue weighted by Crippen LogP contribution is 2.44. The molecule has 1 N–H and O–H groups in total. The van der Waals surface area contributed by atoms with Crippen LogP contribution in [0.3, 0.4) is 0 Å². The van der Waals surface area contributed by atoms with Crippen LogP contribution in [-0.2, 0) is 16.1 Å². The molecule has 0 bridgehead atoms. The fourth-order valence-electron chi connectivity index (χ4n) is 3.57. The normalized spacial score (nSPS) is 25.9. The summed E-state index contributed by atoms with van der Waals surface area (Å²) >= 11 is 0. The van der Waals surface area contributed by atoms with E-state index in [0.717, 1.165) is 31.5 Å². The molecule has 0 aromatic carbocycles. The molecule has 0 radical (unpaired) electrons. The number of aromatic nitrogens is 1. The Morgan fingerprint density at radius 3 is 2.95 bits per heavy atom. The van der Waals surface area contributed by atoms with E-state index >= 15 is 0 Å². The fraction of sp³-hybridized carbons (Fsp3) is 0.600. The molecular formula is C15H20N2O3. The molecule has 5 heteroatoms. The number of hydrogen-bond acceptors (Lipinski definition) is 4. The quantitative estimate of drug-likeness (QED) is 0.904. The number of carbonyl (C=O) groups is 1. The maximum Gasteiger partial charge on any atom is 0.308 e. The van der Waals surface area contributed by atoms with Gasteiger partial charge in [0.25, 0.3) is 0 Å². The van der Waals surface area contributed by atoms with Crippen molar-refractivity contribution >= 4 is 5.97 Å². The van der Waals surface area contributed by atoms with E-state index in [2.05, 4.69) is 9.88 Å². The molecule has 2 fully saturated rings. The Hall–Kier alpha value is -1.46. The van der Waals surface area contributed by atoms with Crippen LogP contribution in [0, 0.1) is 11.3 Å². The molecule has 2 aliphatic heterocycles. The van der Waals surface area contributed by atoms with Crippen molar-refractivity contribution in [1.29, 1.82) is 0 Å². The Labute approximate surface area is 118 Å². The highest BCUT2D eigenvalue weighted by Gasteiger charge is 2.50. The van der Waals surface area contributed by atoms with Crippen LogP contribution in [0.2, 0.25) is 0 Å². The van der Waals surface area contributed by atoms with Gasteiger partial charge in [-0.1, -0.05) is 6.07 Å². The summed E-state index contributed by atoms with van der Waals surface area (Å²) in [6.07, 6.45) is 5.32. The number of carboxylic acid groups (broad SMARTS) is 1. The summed E-state index contributed by atoms with van der Waals surface area (Å²) < 4.78 is 5.42. The number of aliphatic carboxylic acids is 1. The molecule has 2 aliphatic rings. The maximum atomic E-state index is 11.6. The van der Waals surface area contributed by atoms with Gasteiger partial charge in [0.15, 0.2) is 0 Å². The third kappa shape index (κ3) is 2.55. The first kappa shape index (κ1) is 13.5. The van der Waals surface area contributed by atoms with Crippen LogP contribution in [0.5, 0.6) is 0 Å². The Bertz CT molecular complexity index is 471. The summed E-state index contributed by atoms with van der Waals surface area (Å²) in [6.45, 7) is 3.63. The standard InChI is InChI=1S/C15H20N2O3/c18-14(19)13-10-17(9-12-2-1-5-16-8-12)11-15(13)3-6-20-7-4-15/h1-2,5,8,13H,3-4,6-7,9-11H2,(H,18,19)/t13-/m1/s1. The van der Waals surface area contributed by atoms with Gasteiger partial charge in [0, 0.05) is 50.7 Å². The Kier molecular flexibility index (Phi) is 3.72. The van der Waals surface area contributed by atoms with E-state index < -0.39 is 5.97 Å². The van der Waals surface area contributed by atoms with Crippen LogP contribution in [0.25, 0.3) is 0 Å². The van der Waals surface area contributed by atoms with Crippen LogP contribution in [0.4, 0.5) is 0 Å². The molecule has 2 saturated heterocycles. The number of likely N-dealkylation sites (tertiary alicyclic amines) is 1. The summed E-state index contributed by atoms with van der Waals surface area (Å²) in [4.78, 5) is 18.0. The maximum absolute atomic E-state index is 11.6. The average Bonchev–Trinajstić information content (AvgIpc) is 2.79. The molecule has 1 atom stereocenters. The van der Waals surface area contributed by atoms with Crippen molar-refractivity contribution in [3.63, 3.8) is 0 Å². The highest BCUT2D eigenvalue weighted by atomic mass is 16.5. The SMILES string of the molecule is O=C(O)[C@H]1CN(Cc2cccnc2)CC12CCOCC2. The second kappa shape index (κ2) is 5.50. The zero-order chi connectivity index (χ0) is 14.0.